The van der Waals surface area contributed by atoms with Crippen LogP contribution in [0.15, 0.2) is 48.5 Å². The van der Waals surface area contributed by atoms with E-state index in [1.165, 1.54) is 22.3 Å². The van der Waals surface area contributed by atoms with Gasteiger partial charge in [-0.2, -0.15) is 0 Å². The highest BCUT2D eigenvalue weighted by atomic mass is 15.3. The van der Waals surface area contributed by atoms with Crippen LogP contribution in [-0.4, -0.2) is 25.6 Å². The van der Waals surface area contributed by atoms with E-state index in [0.717, 1.165) is 17.3 Å². The predicted molar refractivity (Wildman–Crippen MR) is 80.2 cm³/mol. The lowest BCUT2D eigenvalue weighted by atomic mass is 9.96. The molecule has 0 heterocycles. The molecule has 3 rings (SSSR count). The van der Waals surface area contributed by atoms with Gasteiger partial charge in [-0.3, -0.25) is 0 Å². The molecule has 0 saturated heterocycles. The molecule has 1 nitrogen and oxygen atoms in total. The quantitative estimate of drug-likeness (QED) is 0.681. The van der Waals surface area contributed by atoms with Gasteiger partial charge in [0.05, 0.1) is 21.1 Å². The van der Waals surface area contributed by atoms with Crippen molar-refractivity contribution in [2.75, 3.05) is 21.1 Å². The Morgan fingerprint density at radius 3 is 2.05 bits per heavy atom. The Kier molecular flexibility index (Phi) is 2.94. The molecule has 2 aromatic rings. The number of quaternary nitrogens is 1. The summed E-state index contributed by atoms with van der Waals surface area (Å²) in [5, 5.41) is 0. The van der Waals surface area contributed by atoms with E-state index in [4.69, 9.17) is 0 Å². The van der Waals surface area contributed by atoms with E-state index < -0.39 is 0 Å². The van der Waals surface area contributed by atoms with Crippen LogP contribution in [0.3, 0.4) is 0 Å². The van der Waals surface area contributed by atoms with Gasteiger partial charge < -0.3 is 4.48 Å². The minimum Gasteiger partial charge on any atom is -0.324 e. The summed E-state index contributed by atoms with van der Waals surface area (Å²) < 4.78 is 0.978. The Hall–Kier alpha value is -1.60. The van der Waals surface area contributed by atoms with Crippen molar-refractivity contribution < 1.29 is 4.48 Å². The third-order valence-electron chi connectivity index (χ3n) is 4.26. The van der Waals surface area contributed by atoms with Crippen LogP contribution in [-0.2, 0) is 12.8 Å². The van der Waals surface area contributed by atoms with Crippen molar-refractivity contribution >= 4 is 0 Å². The number of hydrogen-bond acceptors (Lipinski definition) is 0. The summed E-state index contributed by atoms with van der Waals surface area (Å²) in [6.07, 6.45) is 2.21. The number of benzene rings is 2. The van der Waals surface area contributed by atoms with Gasteiger partial charge in [-0.1, -0.05) is 48.5 Å². The number of fused-ring (bicyclic) bond motifs is 2. The molecule has 2 aromatic carbocycles. The average Bonchev–Trinajstić information content (AvgIpc) is 2.54. The molecule has 0 N–H and O–H groups in total. The number of likely N-dealkylation sites (N-methyl/N-ethyl adjacent to an activating group) is 1. The van der Waals surface area contributed by atoms with Crippen LogP contribution in [0.2, 0.25) is 0 Å². The fourth-order valence-electron chi connectivity index (χ4n) is 3.16. The van der Waals surface area contributed by atoms with Crippen LogP contribution in [0.4, 0.5) is 0 Å². The van der Waals surface area contributed by atoms with Crippen molar-refractivity contribution in [1.29, 1.82) is 0 Å². The van der Waals surface area contributed by atoms with Gasteiger partial charge in [0.15, 0.2) is 0 Å². The predicted octanol–water partition coefficient (Wildman–Crippen LogP) is 3.58. The van der Waals surface area contributed by atoms with Gasteiger partial charge in [-0.15, -0.1) is 0 Å². The molecule has 0 saturated carbocycles. The van der Waals surface area contributed by atoms with Crippen LogP contribution < -0.4 is 0 Å². The molecule has 1 aliphatic rings. The van der Waals surface area contributed by atoms with E-state index in [1.807, 2.05) is 0 Å². The first kappa shape index (κ1) is 12.4. The third kappa shape index (κ3) is 2.31. The summed E-state index contributed by atoms with van der Waals surface area (Å²) in [5.74, 6) is 0. The fraction of sp³-hybridized carbons (Fsp3) is 0.333. The zero-order chi connectivity index (χ0) is 13.5. The molecular weight excluding hydrogens is 230 g/mol. The van der Waals surface area contributed by atoms with Crippen molar-refractivity contribution in [1.82, 2.24) is 0 Å². The van der Waals surface area contributed by atoms with Crippen LogP contribution in [0.25, 0.3) is 0 Å². The van der Waals surface area contributed by atoms with E-state index >= 15 is 0 Å². The fourth-order valence-corrected chi connectivity index (χ4v) is 3.16. The third-order valence-corrected chi connectivity index (χ3v) is 4.26. The summed E-state index contributed by atoms with van der Waals surface area (Å²) in [5.41, 5.74) is 6.01. The van der Waals surface area contributed by atoms with Gasteiger partial charge in [0.25, 0.3) is 0 Å². The lowest BCUT2D eigenvalue weighted by Crippen LogP contribution is -2.40. The maximum absolute atomic E-state index is 2.31. The topological polar surface area (TPSA) is 0 Å². The molecule has 0 radical (unpaired) electrons. The first-order valence-electron chi connectivity index (χ1n) is 7.01. The maximum atomic E-state index is 2.31. The van der Waals surface area contributed by atoms with E-state index in [2.05, 4.69) is 69.7 Å². The minimum absolute atomic E-state index is 0.542. The van der Waals surface area contributed by atoms with Crippen LogP contribution in [0, 0.1) is 0 Å². The Bertz CT molecular complexity index is 593. The summed E-state index contributed by atoms with van der Waals surface area (Å²) >= 11 is 0. The molecule has 0 amide bonds. The summed E-state index contributed by atoms with van der Waals surface area (Å²) in [4.78, 5) is 0. The van der Waals surface area contributed by atoms with Gasteiger partial charge in [-0.25, -0.2) is 0 Å². The molecule has 0 bridgehead atoms. The number of rotatable bonds is 1. The van der Waals surface area contributed by atoms with Crippen molar-refractivity contribution in [3.05, 3.63) is 70.8 Å². The standard InChI is InChI=1S/C18H22N/c1-19(2,3)18-13-15-9-5-4-8-14(15)12-16-10-6-7-11-17(16)18/h4-11,18H,12-13H2,1-3H3/q+1. The molecule has 0 fully saturated rings. The average molecular weight is 252 g/mol. The smallest absolute Gasteiger partial charge is 0.118 e. The van der Waals surface area contributed by atoms with Gasteiger partial charge >= 0.3 is 0 Å². The minimum atomic E-state index is 0.542. The normalized spacial score (nSPS) is 18.4. The number of nitrogens with zero attached hydrogens (tertiary/aromatic N) is 1. The van der Waals surface area contributed by atoms with Crippen molar-refractivity contribution in [2.45, 2.75) is 18.9 Å². The van der Waals surface area contributed by atoms with Crippen molar-refractivity contribution in [3.63, 3.8) is 0 Å². The molecule has 19 heavy (non-hydrogen) atoms. The molecule has 0 aliphatic heterocycles. The Labute approximate surface area is 116 Å². The SMILES string of the molecule is C[N+](C)(C)C1Cc2ccccc2Cc2ccccc21. The van der Waals surface area contributed by atoms with Gasteiger partial charge in [0.1, 0.15) is 6.04 Å². The van der Waals surface area contributed by atoms with E-state index in [-0.39, 0.29) is 0 Å². The Morgan fingerprint density at radius 1 is 0.789 bits per heavy atom. The lowest BCUT2D eigenvalue weighted by molar-refractivity contribution is -0.902. The second-order valence-electron chi connectivity index (χ2n) is 6.48. The summed E-state index contributed by atoms with van der Waals surface area (Å²) in [6.45, 7) is 0. The van der Waals surface area contributed by atoms with Gasteiger partial charge in [0, 0.05) is 12.0 Å². The monoisotopic (exact) mass is 252 g/mol. The van der Waals surface area contributed by atoms with Crippen LogP contribution in [0.5, 0.6) is 0 Å². The molecule has 0 spiro atoms. The molecule has 0 aromatic heterocycles. The molecule has 1 atom stereocenters. The van der Waals surface area contributed by atoms with Gasteiger partial charge in [0.2, 0.25) is 0 Å². The highest BCUT2D eigenvalue weighted by Gasteiger charge is 2.30. The maximum Gasteiger partial charge on any atom is 0.118 e. The van der Waals surface area contributed by atoms with Crippen LogP contribution in [0.1, 0.15) is 28.3 Å². The first-order valence-corrected chi connectivity index (χ1v) is 7.01. The second kappa shape index (κ2) is 4.50. The zero-order valence-corrected chi connectivity index (χ0v) is 12.1. The summed E-state index contributed by atoms with van der Waals surface area (Å²) in [7, 11) is 6.90. The molecule has 1 heteroatoms. The van der Waals surface area contributed by atoms with Gasteiger partial charge in [-0.05, 0) is 23.1 Å². The first-order chi connectivity index (χ1) is 9.05. The summed E-state index contributed by atoms with van der Waals surface area (Å²) in [6, 6.07) is 18.4. The second-order valence-corrected chi connectivity index (χ2v) is 6.48. The van der Waals surface area contributed by atoms with E-state index in [1.54, 1.807) is 0 Å². The molecule has 1 aliphatic carbocycles. The van der Waals surface area contributed by atoms with Crippen molar-refractivity contribution in [3.8, 4) is 0 Å². The van der Waals surface area contributed by atoms with E-state index in [9.17, 15) is 0 Å². The molecule has 1 unspecified atom stereocenters. The molecular formula is C18H22N+. The van der Waals surface area contributed by atoms with Crippen molar-refractivity contribution in [2.24, 2.45) is 0 Å². The largest absolute Gasteiger partial charge is 0.324 e. The van der Waals surface area contributed by atoms with Crippen LogP contribution >= 0.6 is 0 Å². The Morgan fingerprint density at radius 2 is 1.37 bits per heavy atom. The Balaban J connectivity index is 2.17. The highest BCUT2D eigenvalue weighted by molar-refractivity contribution is 5.41. The lowest BCUT2D eigenvalue weighted by Gasteiger charge is -2.35. The number of hydrogen-bond donors (Lipinski definition) is 0. The van der Waals surface area contributed by atoms with E-state index in [0.29, 0.717) is 6.04 Å². The zero-order valence-electron chi connectivity index (χ0n) is 12.1. The highest BCUT2D eigenvalue weighted by Crippen LogP contribution is 2.35. The molecule has 98 valence electrons.